The van der Waals surface area contributed by atoms with Crippen molar-refractivity contribution in [2.24, 2.45) is 0 Å². The van der Waals surface area contributed by atoms with E-state index in [4.69, 9.17) is 0 Å². The average Bonchev–Trinajstić information content (AvgIpc) is 3.24. The summed E-state index contributed by atoms with van der Waals surface area (Å²) in [5.41, 5.74) is 12.2. The summed E-state index contributed by atoms with van der Waals surface area (Å²) in [7, 11) is 0. The first kappa shape index (κ1) is 35.8. The third kappa shape index (κ3) is 5.94. The van der Waals surface area contributed by atoms with Crippen molar-refractivity contribution in [1.29, 1.82) is 0 Å². The summed E-state index contributed by atoms with van der Waals surface area (Å²) in [6, 6.07) is 63.7. The van der Waals surface area contributed by atoms with E-state index in [0.717, 1.165) is 22.7 Å². The van der Waals surface area contributed by atoms with Crippen LogP contribution in [0.5, 0.6) is 0 Å². The maximum atomic E-state index is 2.51. The van der Waals surface area contributed by atoms with Crippen molar-refractivity contribution >= 4 is 88.0 Å². The molecule has 0 aromatic heterocycles. The Labute approximate surface area is 341 Å². The van der Waals surface area contributed by atoms with Crippen LogP contribution in [-0.2, 0) is 0 Å². The van der Waals surface area contributed by atoms with Crippen LogP contribution in [0, 0.1) is 13.8 Å². The number of hydrogen-bond acceptors (Lipinski definition) is 2. The molecule has 0 saturated carbocycles. The van der Waals surface area contributed by atoms with Gasteiger partial charge in [-0.2, -0.15) is 0 Å². The van der Waals surface area contributed by atoms with Crippen LogP contribution in [0.3, 0.4) is 0 Å². The van der Waals surface area contributed by atoms with Crippen LogP contribution in [0.1, 0.15) is 61.8 Å². The second-order valence-corrected chi connectivity index (χ2v) is 16.8. The molecule has 10 rings (SSSR count). The van der Waals surface area contributed by atoms with Gasteiger partial charge in [0.25, 0.3) is 0 Å². The lowest BCUT2D eigenvalue weighted by Gasteiger charge is -2.31. The lowest BCUT2D eigenvalue weighted by atomic mass is 9.83. The Morgan fingerprint density at radius 1 is 0.328 bits per heavy atom. The van der Waals surface area contributed by atoms with Gasteiger partial charge in [-0.25, -0.2) is 0 Å². The molecule has 0 fully saturated rings. The van der Waals surface area contributed by atoms with E-state index in [1.165, 1.54) is 87.5 Å². The van der Waals surface area contributed by atoms with E-state index in [0.29, 0.717) is 11.8 Å². The molecule has 282 valence electrons. The van der Waals surface area contributed by atoms with Gasteiger partial charge in [-0.15, -0.1) is 0 Å². The predicted molar refractivity (Wildman–Crippen MR) is 252 cm³/mol. The molecule has 0 saturated heterocycles. The topological polar surface area (TPSA) is 6.48 Å². The SMILES string of the molecule is Cc1ccc(N(c2ccc3ccccc3c2)c2ccc3c(C(C)C)cc4c(N(c5ccc(C)cc5)c5ccc6ccccc6c5)ccc5c(C(C)C)cc2c3c54)cc1. The van der Waals surface area contributed by atoms with Crippen molar-refractivity contribution < 1.29 is 0 Å². The zero-order valence-corrected chi connectivity index (χ0v) is 34.2. The summed E-state index contributed by atoms with van der Waals surface area (Å²) in [5.74, 6) is 0.634. The van der Waals surface area contributed by atoms with E-state index in [-0.39, 0.29) is 0 Å². The van der Waals surface area contributed by atoms with E-state index in [2.05, 4.69) is 221 Å². The standard InChI is InChI=1S/C56H48N2/c1-35(2)49-33-51-53(57(43-21-15-37(5)16-22-43)45-25-19-39-11-7-9-13-41(39)31-45)30-28-48-50(36(3)4)34-52-54(29-27-47(49)55(52)56(48)51)58(44-23-17-38(6)18-24-44)46-26-20-40-12-8-10-14-42(40)32-46/h7-36H,1-6H3. The first-order valence-electron chi connectivity index (χ1n) is 20.7. The Morgan fingerprint density at radius 2 is 0.690 bits per heavy atom. The van der Waals surface area contributed by atoms with E-state index in [9.17, 15) is 0 Å². The molecule has 0 aliphatic heterocycles. The molecule has 0 N–H and O–H groups in total. The molecule has 0 aliphatic rings. The molecule has 2 heteroatoms. The molecule has 0 amide bonds. The van der Waals surface area contributed by atoms with Crippen LogP contribution >= 0.6 is 0 Å². The molecule has 0 heterocycles. The van der Waals surface area contributed by atoms with Crippen LogP contribution < -0.4 is 9.80 Å². The zero-order chi connectivity index (χ0) is 39.7. The molecule has 10 aromatic carbocycles. The van der Waals surface area contributed by atoms with Crippen molar-refractivity contribution in [1.82, 2.24) is 0 Å². The monoisotopic (exact) mass is 748 g/mol. The Hall–Kier alpha value is -6.64. The van der Waals surface area contributed by atoms with Gasteiger partial charge in [0.1, 0.15) is 0 Å². The molecule has 0 radical (unpaired) electrons. The van der Waals surface area contributed by atoms with Crippen molar-refractivity contribution in [3.8, 4) is 0 Å². The first-order valence-corrected chi connectivity index (χ1v) is 20.7. The first-order chi connectivity index (χ1) is 28.2. The number of hydrogen-bond donors (Lipinski definition) is 0. The number of nitrogens with zero attached hydrogens (tertiary/aromatic N) is 2. The Kier molecular flexibility index (Phi) is 8.68. The summed E-state index contributed by atoms with van der Waals surface area (Å²) in [6.07, 6.45) is 0. The highest BCUT2D eigenvalue weighted by Crippen LogP contribution is 2.51. The number of rotatable bonds is 8. The van der Waals surface area contributed by atoms with Gasteiger partial charge in [0.2, 0.25) is 0 Å². The van der Waals surface area contributed by atoms with E-state index < -0.39 is 0 Å². The van der Waals surface area contributed by atoms with Gasteiger partial charge < -0.3 is 9.80 Å². The van der Waals surface area contributed by atoms with Crippen molar-refractivity contribution in [3.63, 3.8) is 0 Å². The Bertz CT molecular complexity index is 2920. The molecule has 10 aromatic rings. The number of benzene rings is 10. The van der Waals surface area contributed by atoms with Crippen LogP contribution in [0.15, 0.2) is 170 Å². The molecule has 58 heavy (non-hydrogen) atoms. The van der Waals surface area contributed by atoms with Crippen LogP contribution in [0.2, 0.25) is 0 Å². The van der Waals surface area contributed by atoms with Gasteiger partial charge >= 0.3 is 0 Å². The highest BCUT2D eigenvalue weighted by molar-refractivity contribution is 6.30. The summed E-state index contributed by atoms with van der Waals surface area (Å²) in [4.78, 5) is 4.96. The Morgan fingerprint density at radius 3 is 1.07 bits per heavy atom. The lowest BCUT2D eigenvalue weighted by Crippen LogP contribution is -2.12. The normalized spacial score (nSPS) is 11.9. The highest BCUT2D eigenvalue weighted by Gasteiger charge is 2.26. The largest absolute Gasteiger partial charge is 0.310 e. The minimum Gasteiger partial charge on any atom is -0.310 e. The fraction of sp³-hybridized carbons (Fsp3) is 0.143. The smallest absolute Gasteiger partial charge is 0.0540 e. The van der Waals surface area contributed by atoms with Gasteiger partial charge in [-0.3, -0.25) is 0 Å². The Balaban J connectivity index is 1.32. The van der Waals surface area contributed by atoms with E-state index in [1.54, 1.807) is 0 Å². The summed E-state index contributed by atoms with van der Waals surface area (Å²) >= 11 is 0. The summed E-state index contributed by atoms with van der Waals surface area (Å²) in [5, 5.41) is 12.8. The maximum Gasteiger partial charge on any atom is 0.0540 e. The molecule has 2 nitrogen and oxygen atoms in total. The zero-order valence-electron chi connectivity index (χ0n) is 34.2. The van der Waals surface area contributed by atoms with E-state index >= 15 is 0 Å². The van der Waals surface area contributed by atoms with Gasteiger partial charge in [0, 0.05) is 33.5 Å². The van der Waals surface area contributed by atoms with Crippen molar-refractivity contribution in [2.45, 2.75) is 53.4 Å². The van der Waals surface area contributed by atoms with Gasteiger partial charge in [0.05, 0.1) is 11.4 Å². The van der Waals surface area contributed by atoms with Crippen LogP contribution in [0.4, 0.5) is 34.1 Å². The summed E-state index contributed by atoms with van der Waals surface area (Å²) < 4.78 is 0. The number of anilines is 6. The molecular formula is C56H48N2. The lowest BCUT2D eigenvalue weighted by molar-refractivity contribution is 0.876. The molecule has 0 atom stereocenters. The molecule has 0 aliphatic carbocycles. The fourth-order valence-electron chi connectivity index (χ4n) is 9.21. The van der Waals surface area contributed by atoms with Gasteiger partial charge in [-0.05, 0) is 153 Å². The highest BCUT2D eigenvalue weighted by atomic mass is 15.1. The molecule has 0 unspecified atom stereocenters. The molecular weight excluding hydrogens is 701 g/mol. The molecule has 0 spiro atoms. The minimum atomic E-state index is 0.317. The third-order valence-corrected chi connectivity index (χ3v) is 12.2. The minimum absolute atomic E-state index is 0.317. The second kappa shape index (κ2) is 14.1. The van der Waals surface area contributed by atoms with Gasteiger partial charge in [-0.1, -0.05) is 136 Å². The quantitative estimate of drug-likeness (QED) is 0.143. The van der Waals surface area contributed by atoms with Crippen LogP contribution in [0.25, 0.3) is 53.9 Å². The predicted octanol–water partition coefficient (Wildman–Crippen LogP) is 16.7. The third-order valence-electron chi connectivity index (χ3n) is 12.2. The number of fused-ring (bicyclic) bond motifs is 2. The van der Waals surface area contributed by atoms with E-state index in [1.807, 2.05) is 0 Å². The van der Waals surface area contributed by atoms with Crippen LogP contribution in [-0.4, -0.2) is 0 Å². The molecule has 0 bridgehead atoms. The van der Waals surface area contributed by atoms with Crippen molar-refractivity contribution in [3.05, 3.63) is 192 Å². The average molecular weight is 749 g/mol. The number of aryl methyl sites for hydroxylation is 2. The maximum absolute atomic E-state index is 2.51. The van der Waals surface area contributed by atoms with Gasteiger partial charge in [0.15, 0.2) is 0 Å². The van der Waals surface area contributed by atoms with Crippen molar-refractivity contribution in [2.75, 3.05) is 9.80 Å². The summed E-state index contributed by atoms with van der Waals surface area (Å²) in [6.45, 7) is 13.7. The fourth-order valence-corrected chi connectivity index (χ4v) is 9.21. The second-order valence-electron chi connectivity index (χ2n) is 16.8.